The summed E-state index contributed by atoms with van der Waals surface area (Å²) in [4.78, 5) is 0. The molecule has 0 saturated heterocycles. The second-order valence-corrected chi connectivity index (χ2v) is 6.09. The first kappa shape index (κ1) is 16.2. The summed E-state index contributed by atoms with van der Waals surface area (Å²) in [5.41, 5.74) is 0.589. The Labute approximate surface area is 144 Å². The van der Waals surface area contributed by atoms with Crippen LogP contribution in [-0.2, 0) is 0 Å². The minimum atomic E-state index is -0.382. The Hall–Kier alpha value is -0.220. The molecule has 0 amide bonds. The lowest BCUT2D eigenvalue weighted by atomic mass is 10.0. The van der Waals surface area contributed by atoms with Crippen LogP contribution in [-0.4, -0.2) is 10.2 Å². The molecule has 0 atom stereocenters. The highest BCUT2D eigenvalue weighted by atomic mass is 35.5. The van der Waals surface area contributed by atoms with Gasteiger partial charge in [-0.05, 0) is 12.1 Å². The summed E-state index contributed by atoms with van der Waals surface area (Å²) in [5.74, 6) is -0.727. The first-order chi connectivity index (χ1) is 9.25. The van der Waals surface area contributed by atoms with E-state index < -0.39 is 0 Å². The van der Waals surface area contributed by atoms with Crippen LogP contribution in [0.4, 0.5) is 0 Å². The molecule has 20 heavy (non-hydrogen) atoms. The van der Waals surface area contributed by atoms with Crippen LogP contribution in [0.3, 0.4) is 0 Å². The van der Waals surface area contributed by atoms with Gasteiger partial charge in [0.05, 0.1) is 20.1 Å². The zero-order valence-electron chi connectivity index (χ0n) is 9.32. The van der Waals surface area contributed by atoms with Gasteiger partial charge in [0.1, 0.15) is 10.0 Å². The Kier molecular flexibility index (Phi) is 4.75. The van der Waals surface area contributed by atoms with Gasteiger partial charge in [-0.3, -0.25) is 0 Å². The highest BCUT2D eigenvalue weighted by Crippen LogP contribution is 2.49. The summed E-state index contributed by atoms with van der Waals surface area (Å²) in [6.07, 6.45) is 0. The van der Waals surface area contributed by atoms with E-state index >= 15 is 0 Å². The second kappa shape index (κ2) is 5.88. The molecule has 0 aliphatic rings. The Morgan fingerprint density at radius 3 is 1.65 bits per heavy atom. The molecule has 0 aliphatic carbocycles. The molecule has 2 nitrogen and oxygen atoms in total. The van der Waals surface area contributed by atoms with E-state index in [9.17, 15) is 10.2 Å². The van der Waals surface area contributed by atoms with Gasteiger partial charge >= 0.3 is 0 Å². The number of phenolic OH excluding ortho intramolecular Hbond substituents is 2. The van der Waals surface area contributed by atoms with Crippen molar-refractivity contribution in [1.29, 1.82) is 0 Å². The van der Waals surface area contributed by atoms with Gasteiger partial charge in [0.2, 0.25) is 0 Å². The Morgan fingerprint density at radius 1 is 0.550 bits per heavy atom. The van der Waals surface area contributed by atoms with Crippen LogP contribution in [0.25, 0.3) is 11.1 Å². The summed E-state index contributed by atoms with van der Waals surface area (Å²) in [6, 6.07) is 2.77. The van der Waals surface area contributed by atoms with Crippen LogP contribution in [0.2, 0.25) is 30.1 Å². The maximum atomic E-state index is 9.81. The number of hydrogen-bond donors (Lipinski definition) is 2. The molecule has 0 unspecified atom stereocenters. The van der Waals surface area contributed by atoms with Crippen LogP contribution < -0.4 is 0 Å². The summed E-state index contributed by atoms with van der Waals surface area (Å²) in [6.45, 7) is 0. The van der Waals surface area contributed by atoms with E-state index in [4.69, 9.17) is 69.6 Å². The first-order valence-electron chi connectivity index (χ1n) is 4.99. The topological polar surface area (TPSA) is 40.5 Å². The van der Waals surface area contributed by atoms with E-state index in [2.05, 4.69) is 0 Å². The number of phenols is 2. The van der Waals surface area contributed by atoms with Crippen LogP contribution >= 0.6 is 69.6 Å². The average Bonchev–Trinajstić information content (AvgIpc) is 2.42. The molecule has 8 heteroatoms. The fourth-order valence-electron chi connectivity index (χ4n) is 1.57. The SMILES string of the molecule is Oc1c(Cl)c(Cl)cc(-c2cc(Cl)c(O)c(Cl)c2Cl)c1Cl. The normalized spacial score (nSPS) is 10.9. The zero-order chi connectivity index (χ0) is 15.2. The summed E-state index contributed by atoms with van der Waals surface area (Å²) in [5, 5.41) is 19.2. The van der Waals surface area contributed by atoms with Gasteiger partial charge in [-0.15, -0.1) is 0 Å². The summed E-state index contributed by atoms with van der Waals surface area (Å²) >= 11 is 35.5. The van der Waals surface area contributed by atoms with Crippen molar-refractivity contribution in [2.24, 2.45) is 0 Å². The molecular formula is C12H4Cl6O2. The van der Waals surface area contributed by atoms with E-state index in [0.29, 0.717) is 5.56 Å². The third-order valence-electron chi connectivity index (χ3n) is 2.56. The highest BCUT2D eigenvalue weighted by Gasteiger charge is 2.21. The highest BCUT2D eigenvalue weighted by molar-refractivity contribution is 6.48. The maximum Gasteiger partial charge on any atom is 0.154 e. The average molecular weight is 393 g/mol. The quantitative estimate of drug-likeness (QED) is 0.531. The van der Waals surface area contributed by atoms with Crippen molar-refractivity contribution < 1.29 is 10.2 Å². The van der Waals surface area contributed by atoms with Gasteiger partial charge in [-0.2, -0.15) is 0 Å². The van der Waals surface area contributed by atoms with Crippen molar-refractivity contribution in [3.8, 4) is 22.6 Å². The Morgan fingerprint density at radius 2 is 1.05 bits per heavy atom. The largest absolute Gasteiger partial charge is 0.505 e. The molecule has 0 bridgehead atoms. The molecule has 0 aromatic heterocycles. The van der Waals surface area contributed by atoms with E-state index in [1.54, 1.807) is 0 Å². The van der Waals surface area contributed by atoms with E-state index in [0.717, 1.165) is 0 Å². The number of rotatable bonds is 1. The third kappa shape index (κ3) is 2.61. The minimum Gasteiger partial charge on any atom is -0.505 e. The Bertz CT molecular complexity index is 653. The van der Waals surface area contributed by atoms with Gasteiger partial charge in [-0.1, -0.05) is 69.6 Å². The fourth-order valence-corrected chi connectivity index (χ4v) is 2.92. The van der Waals surface area contributed by atoms with Gasteiger partial charge in [0.25, 0.3) is 0 Å². The van der Waals surface area contributed by atoms with Crippen molar-refractivity contribution in [2.45, 2.75) is 0 Å². The number of halogens is 6. The smallest absolute Gasteiger partial charge is 0.154 e. The van der Waals surface area contributed by atoms with Crippen molar-refractivity contribution in [2.75, 3.05) is 0 Å². The van der Waals surface area contributed by atoms with E-state index in [-0.39, 0.29) is 47.2 Å². The lowest BCUT2D eigenvalue weighted by Crippen LogP contribution is -1.87. The molecule has 0 saturated carbocycles. The molecule has 2 rings (SSSR count). The molecule has 0 radical (unpaired) electrons. The third-order valence-corrected chi connectivity index (χ3v) is 4.86. The molecular weight excluding hydrogens is 389 g/mol. The predicted molar refractivity (Wildman–Crippen MR) is 85.3 cm³/mol. The number of aromatic hydroxyl groups is 2. The first-order valence-corrected chi connectivity index (χ1v) is 7.25. The molecule has 0 fully saturated rings. The molecule has 2 aromatic carbocycles. The monoisotopic (exact) mass is 390 g/mol. The molecule has 2 aromatic rings. The molecule has 2 N–H and O–H groups in total. The van der Waals surface area contributed by atoms with Crippen molar-refractivity contribution in [1.82, 2.24) is 0 Å². The van der Waals surface area contributed by atoms with Gasteiger partial charge in [0.15, 0.2) is 11.5 Å². The number of benzene rings is 2. The van der Waals surface area contributed by atoms with E-state index in [1.807, 2.05) is 0 Å². The summed E-state index contributed by atoms with van der Waals surface area (Å²) < 4.78 is 0. The zero-order valence-corrected chi connectivity index (χ0v) is 13.9. The molecule has 0 aliphatic heterocycles. The van der Waals surface area contributed by atoms with Crippen LogP contribution in [0.1, 0.15) is 0 Å². The number of hydrogen-bond acceptors (Lipinski definition) is 2. The minimum absolute atomic E-state index is 0.0176. The van der Waals surface area contributed by atoms with Gasteiger partial charge < -0.3 is 10.2 Å². The van der Waals surface area contributed by atoms with E-state index in [1.165, 1.54) is 12.1 Å². The Balaban J connectivity index is 2.83. The maximum absolute atomic E-state index is 9.81. The predicted octanol–water partition coefficient (Wildman–Crippen LogP) is 6.69. The van der Waals surface area contributed by atoms with Gasteiger partial charge in [-0.25, -0.2) is 0 Å². The van der Waals surface area contributed by atoms with Crippen LogP contribution in [0.5, 0.6) is 11.5 Å². The standard InChI is InChI=1S/C12H4Cl6O2/c13-5-1-4(8(16)12(20)9(5)17)3-2-6(14)11(19)10(18)7(3)15/h1-2,19-20H. The molecule has 106 valence electrons. The van der Waals surface area contributed by atoms with Crippen molar-refractivity contribution in [3.05, 3.63) is 42.3 Å². The van der Waals surface area contributed by atoms with Crippen LogP contribution in [0, 0.1) is 0 Å². The van der Waals surface area contributed by atoms with Crippen molar-refractivity contribution >= 4 is 69.6 Å². The lowest BCUT2D eigenvalue weighted by Gasteiger charge is -2.13. The molecule has 0 heterocycles. The van der Waals surface area contributed by atoms with Gasteiger partial charge in [0, 0.05) is 11.1 Å². The lowest BCUT2D eigenvalue weighted by molar-refractivity contribution is 0.476. The second-order valence-electron chi connectivity index (χ2n) is 3.77. The summed E-state index contributed by atoms with van der Waals surface area (Å²) in [7, 11) is 0. The molecule has 0 spiro atoms. The van der Waals surface area contributed by atoms with Crippen LogP contribution in [0.15, 0.2) is 12.1 Å². The fraction of sp³-hybridized carbons (Fsp3) is 0. The van der Waals surface area contributed by atoms with Crippen molar-refractivity contribution in [3.63, 3.8) is 0 Å².